The highest BCUT2D eigenvalue weighted by Crippen LogP contribution is 2.28. The summed E-state index contributed by atoms with van der Waals surface area (Å²) in [5, 5.41) is 1.05. The number of nitrogens with two attached hydrogens (primary N) is 1. The molecule has 94 valence electrons. The molecule has 1 rings (SSSR count). The van der Waals surface area contributed by atoms with Crippen LogP contribution in [0.25, 0.3) is 0 Å². The first-order valence-electron chi connectivity index (χ1n) is 4.96. The van der Waals surface area contributed by atoms with Crippen molar-refractivity contribution in [2.24, 2.45) is 5.73 Å². The van der Waals surface area contributed by atoms with Crippen LogP contribution in [-0.4, -0.2) is 24.9 Å². The van der Waals surface area contributed by atoms with Gasteiger partial charge in [0, 0.05) is 10.6 Å². The highest BCUT2D eigenvalue weighted by Gasteiger charge is 2.13. The Morgan fingerprint density at radius 1 is 1.47 bits per heavy atom. The van der Waals surface area contributed by atoms with Gasteiger partial charge in [0.25, 0.3) is 0 Å². The zero-order valence-corrected chi connectivity index (χ0v) is 11.6. The Labute approximate surface area is 115 Å². The molecule has 1 aromatic rings. The van der Waals surface area contributed by atoms with Crippen LogP contribution in [0.1, 0.15) is 6.42 Å². The molecule has 0 spiro atoms. The molecular formula is C11H13Cl2NO2S. The van der Waals surface area contributed by atoms with E-state index < -0.39 is 6.04 Å². The topological polar surface area (TPSA) is 52.3 Å². The van der Waals surface area contributed by atoms with Crippen LogP contribution in [0, 0.1) is 0 Å². The SMILES string of the molecule is COC(=O)C(N)CCSc1ccc(Cl)c(Cl)c1. The lowest BCUT2D eigenvalue weighted by molar-refractivity contribution is -0.142. The first-order valence-corrected chi connectivity index (χ1v) is 6.70. The lowest BCUT2D eigenvalue weighted by atomic mass is 10.2. The Hall–Kier alpha value is -0.420. The molecule has 0 aliphatic heterocycles. The minimum atomic E-state index is -0.574. The average molecular weight is 294 g/mol. The first-order chi connectivity index (χ1) is 8.04. The van der Waals surface area contributed by atoms with Crippen molar-refractivity contribution in [3.63, 3.8) is 0 Å². The number of methoxy groups -OCH3 is 1. The molecule has 1 atom stereocenters. The summed E-state index contributed by atoms with van der Waals surface area (Å²) in [5.74, 6) is 0.327. The van der Waals surface area contributed by atoms with Gasteiger partial charge in [-0.2, -0.15) is 0 Å². The lowest BCUT2D eigenvalue weighted by Gasteiger charge is -2.08. The van der Waals surface area contributed by atoms with E-state index in [1.54, 1.807) is 23.9 Å². The van der Waals surface area contributed by atoms with Gasteiger partial charge in [0.2, 0.25) is 0 Å². The minimum absolute atomic E-state index is 0.389. The number of carbonyl (C=O) groups excluding carboxylic acids is 1. The summed E-state index contributed by atoms with van der Waals surface area (Å²) in [7, 11) is 1.33. The summed E-state index contributed by atoms with van der Waals surface area (Å²) in [4.78, 5) is 12.1. The van der Waals surface area contributed by atoms with Gasteiger partial charge in [-0.1, -0.05) is 23.2 Å². The molecule has 0 aliphatic carbocycles. The smallest absolute Gasteiger partial charge is 0.322 e. The number of thioether (sulfide) groups is 1. The van der Waals surface area contributed by atoms with Gasteiger partial charge in [-0.15, -0.1) is 11.8 Å². The monoisotopic (exact) mass is 293 g/mol. The van der Waals surface area contributed by atoms with Crippen molar-refractivity contribution in [3.05, 3.63) is 28.2 Å². The van der Waals surface area contributed by atoms with E-state index in [4.69, 9.17) is 28.9 Å². The molecule has 3 nitrogen and oxygen atoms in total. The summed E-state index contributed by atoms with van der Waals surface area (Å²) in [6.45, 7) is 0. The van der Waals surface area contributed by atoms with Gasteiger partial charge in [-0.3, -0.25) is 4.79 Å². The molecule has 1 aromatic carbocycles. The Morgan fingerprint density at radius 2 is 2.18 bits per heavy atom. The van der Waals surface area contributed by atoms with Crippen LogP contribution in [0.3, 0.4) is 0 Å². The number of rotatable bonds is 5. The van der Waals surface area contributed by atoms with Gasteiger partial charge in [0.15, 0.2) is 0 Å². The summed E-state index contributed by atoms with van der Waals surface area (Å²) in [5.41, 5.74) is 5.61. The molecule has 0 aromatic heterocycles. The molecule has 6 heteroatoms. The molecule has 0 fully saturated rings. The zero-order chi connectivity index (χ0) is 12.8. The standard InChI is InChI=1S/C11H13Cl2NO2S/c1-16-11(15)10(14)4-5-17-7-2-3-8(12)9(13)6-7/h2-3,6,10H,4-5,14H2,1H3. The Kier molecular flexibility index (Phi) is 6.12. The maximum Gasteiger partial charge on any atom is 0.322 e. The van der Waals surface area contributed by atoms with Crippen LogP contribution in [0.2, 0.25) is 10.0 Å². The number of benzene rings is 1. The normalized spacial score (nSPS) is 12.2. The third-order valence-corrected chi connectivity index (χ3v) is 3.86. The van der Waals surface area contributed by atoms with Crippen LogP contribution in [0.5, 0.6) is 0 Å². The molecule has 0 heterocycles. The van der Waals surface area contributed by atoms with Crippen LogP contribution in [-0.2, 0) is 9.53 Å². The van der Waals surface area contributed by atoms with E-state index in [9.17, 15) is 4.79 Å². The van der Waals surface area contributed by atoms with Gasteiger partial charge in [-0.25, -0.2) is 0 Å². The van der Waals surface area contributed by atoms with E-state index >= 15 is 0 Å². The Bertz CT molecular complexity index is 401. The van der Waals surface area contributed by atoms with E-state index in [0.717, 1.165) is 4.90 Å². The molecule has 1 unspecified atom stereocenters. The molecule has 0 saturated heterocycles. The van der Waals surface area contributed by atoms with E-state index in [1.807, 2.05) is 6.07 Å². The Morgan fingerprint density at radius 3 is 2.76 bits per heavy atom. The van der Waals surface area contributed by atoms with Crippen molar-refractivity contribution in [3.8, 4) is 0 Å². The number of hydrogen-bond donors (Lipinski definition) is 1. The molecule has 0 aliphatic rings. The summed E-state index contributed by atoms with van der Waals surface area (Å²) in [6.07, 6.45) is 0.553. The van der Waals surface area contributed by atoms with Gasteiger partial charge in [-0.05, 0) is 24.6 Å². The number of esters is 1. The lowest BCUT2D eigenvalue weighted by Crippen LogP contribution is -2.31. The minimum Gasteiger partial charge on any atom is -0.468 e. The quantitative estimate of drug-likeness (QED) is 0.670. The maximum atomic E-state index is 11.1. The second kappa shape index (κ2) is 7.11. The van der Waals surface area contributed by atoms with Crippen molar-refractivity contribution >= 4 is 40.9 Å². The third-order valence-electron chi connectivity index (χ3n) is 2.09. The fourth-order valence-corrected chi connectivity index (χ4v) is 2.48. The summed E-state index contributed by atoms with van der Waals surface area (Å²) >= 11 is 13.3. The molecule has 0 amide bonds. The van der Waals surface area contributed by atoms with Crippen LogP contribution in [0.15, 0.2) is 23.1 Å². The van der Waals surface area contributed by atoms with Crippen molar-refractivity contribution in [1.82, 2.24) is 0 Å². The summed E-state index contributed by atoms with van der Waals surface area (Å²) in [6, 6.07) is 4.84. The predicted octanol–water partition coefficient (Wildman–Crippen LogP) is 2.98. The molecular weight excluding hydrogens is 281 g/mol. The average Bonchev–Trinajstić information content (AvgIpc) is 2.32. The molecule has 0 bridgehead atoms. The number of ether oxygens (including phenoxy) is 1. The number of carbonyl (C=O) groups is 1. The largest absolute Gasteiger partial charge is 0.468 e. The van der Waals surface area contributed by atoms with Gasteiger partial charge < -0.3 is 10.5 Å². The van der Waals surface area contributed by atoms with Crippen molar-refractivity contribution in [1.29, 1.82) is 0 Å². The van der Waals surface area contributed by atoms with E-state index in [2.05, 4.69) is 4.74 Å². The molecule has 17 heavy (non-hydrogen) atoms. The van der Waals surface area contributed by atoms with Crippen LogP contribution in [0.4, 0.5) is 0 Å². The molecule has 0 radical (unpaired) electrons. The predicted molar refractivity (Wildman–Crippen MR) is 71.8 cm³/mol. The first kappa shape index (κ1) is 14.6. The number of halogens is 2. The van der Waals surface area contributed by atoms with E-state index in [1.165, 1.54) is 7.11 Å². The second-order valence-electron chi connectivity index (χ2n) is 3.34. The summed E-state index contributed by atoms with van der Waals surface area (Å²) < 4.78 is 4.54. The fraction of sp³-hybridized carbons (Fsp3) is 0.364. The second-order valence-corrected chi connectivity index (χ2v) is 5.33. The molecule has 0 saturated carbocycles. The van der Waals surface area contributed by atoms with Crippen molar-refractivity contribution < 1.29 is 9.53 Å². The van der Waals surface area contributed by atoms with E-state index in [-0.39, 0.29) is 5.97 Å². The van der Waals surface area contributed by atoms with Crippen LogP contribution >= 0.6 is 35.0 Å². The van der Waals surface area contributed by atoms with Crippen LogP contribution < -0.4 is 5.73 Å². The van der Waals surface area contributed by atoms with Gasteiger partial charge >= 0.3 is 5.97 Å². The van der Waals surface area contributed by atoms with Crippen molar-refractivity contribution in [2.75, 3.05) is 12.9 Å². The Balaban J connectivity index is 2.40. The fourth-order valence-electron chi connectivity index (χ4n) is 1.14. The highest BCUT2D eigenvalue weighted by atomic mass is 35.5. The van der Waals surface area contributed by atoms with E-state index in [0.29, 0.717) is 22.2 Å². The van der Waals surface area contributed by atoms with Crippen molar-refractivity contribution in [2.45, 2.75) is 17.4 Å². The van der Waals surface area contributed by atoms with Gasteiger partial charge in [0.1, 0.15) is 6.04 Å². The number of hydrogen-bond acceptors (Lipinski definition) is 4. The highest BCUT2D eigenvalue weighted by molar-refractivity contribution is 7.99. The maximum absolute atomic E-state index is 11.1. The molecule has 2 N–H and O–H groups in total. The third kappa shape index (κ3) is 4.76. The van der Waals surface area contributed by atoms with Gasteiger partial charge in [0.05, 0.1) is 17.2 Å². The zero-order valence-electron chi connectivity index (χ0n) is 9.28.